The van der Waals surface area contributed by atoms with Crippen molar-refractivity contribution in [2.75, 3.05) is 19.8 Å². The fraction of sp³-hybridized carbons (Fsp3) is 0.750. The van der Waals surface area contributed by atoms with Crippen molar-refractivity contribution in [3.8, 4) is 5.75 Å². The number of carbonyl (C=O) groups is 1. The third-order valence-corrected chi connectivity index (χ3v) is 8.07. The Balaban J connectivity index is 2.09. The van der Waals surface area contributed by atoms with Gasteiger partial charge in [0.1, 0.15) is 12.4 Å². The van der Waals surface area contributed by atoms with Gasteiger partial charge < -0.3 is 23.5 Å². The van der Waals surface area contributed by atoms with Gasteiger partial charge in [0.05, 0.1) is 17.8 Å². The van der Waals surface area contributed by atoms with Gasteiger partial charge in [-0.1, -0.05) is 27.7 Å². The molecular formula is C28H47BN2O6. The van der Waals surface area contributed by atoms with Crippen LogP contribution < -0.4 is 21.5 Å². The Morgan fingerprint density at radius 3 is 2.35 bits per heavy atom. The molecule has 3 rings (SSSR count). The van der Waals surface area contributed by atoms with Crippen molar-refractivity contribution in [1.29, 1.82) is 0 Å². The largest absolute Gasteiger partial charge is 0.498 e. The highest BCUT2D eigenvalue weighted by atomic mass is 16.7. The zero-order valence-corrected chi connectivity index (χ0v) is 24.3. The standard InChI is InChI=1S/C28H47BN2O6/c1-10-21(26(3,4)5)20-17-19(25(32)31-30)18(2)24(35-16-15-34-22-13-11-12-14-33-22)23(20)29-36-27(6,7)28(8,9)37-29/h17,21-22H,10-16,30H2,1-9H3,(H,31,32)/t21-,22?/m0/s1. The Hall–Kier alpha value is -1.65. The predicted octanol–water partition coefficient (Wildman–Crippen LogP) is 4.36. The number of hydrazine groups is 1. The Morgan fingerprint density at radius 1 is 1.19 bits per heavy atom. The molecule has 0 bridgehead atoms. The maximum Gasteiger partial charge on any atom is 0.498 e. The van der Waals surface area contributed by atoms with Crippen molar-refractivity contribution >= 4 is 18.5 Å². The van der Waals surface area contributed by atoms with E-state index in [1.54, 1.807) is 0 Å². The monoisotopic (exact) mass is 518 g/mol. The van der Waals surface area contributed by atoms with Gasteiger partial charge in [0.2, 0.25) is 0 Å². The maximum atomic E-state index is 12.9. The first-order valence-electron chi connectivity index (χ1n) is 13.6. The van der Waals surface area contributed by atoms with Gasteiger partial charge >= 0.3 is 7.12 Å². The maximum absolute atomic E-state index is 12.9. The summed E-state index contributed by atoms with van der Waals surface area (Å²) >= 11 is 0. The van der Waals surface area contributed by atoms with Crippen LogP contribution in [-0.2, 0) is 18.8 Å². The van der Waals surface area contributed by atoms with Gasteiger partial charge in [-0.25, -0.2) is 5.84 Å². The average molecular weight is 519 g/mol. The molecule has 0 saturated carbocycles. The molecule has 37 heavy (non-hydrogen) atoms. The van der Waals surface area contributed by atoms with Crippen molar-refractivity contribution in [2.45, 2.75) is 111 Å². The van der Waals surface area contributed by atoms with E-state index in [-0.39, 0.29) is 23.5 Å². The highest BCUT2D eigenvalue weighted by molar-refractivity contribution is 6.64. The highest BCUT2D eigenvalue weighted by Gasteiger charge is 2.54. The van der Waals surface area contributed by atoms with Crippen LogP contribution in [0.15, 0.2) is 6.07 Å². The van der Waals surface area contributed by atoms with Crippen LogP contribution in [0.1, 0.15) is 108 Å². The topological polar surface area (TPSA) is 101 Å². The lowest BCUT2D eigenvalue weighted by molar-refractivity contribution is -0.165. The third-order valence-electron chi connectivity index (χ3n) is 8.07. The molecule has 9 heteroatoms. The summed E-state index contributed by atoms with van der Waals surface area (Å²) in [6, 6.07) is 1.94. The van der Waals surface area contributed by atoms with E-state index in [4.69, 9.17) is 29.4 Å². The van der Waals surface area contributed by atoms with Crippen LogP contribution in [0.4, 0.5) is 0 Å². The van der Waals surface area contributed by atoms with Crippen molar-refractivity contribution in [3.05, 3.63) is 22.8 Å². The Morgan fingerprint density at radius 2 is 1.84 bits per heavy atom. The molecule has 1 amide bonds. The number of nitrogens with two attached hydrogens (primary N) is 1. The van der Waals surface area contributed by atoms with E-state index in [1.807, 2.05) is 40.7 Å². The number of carbonyl (C=O) groups excluding carboxylic acids is 1. The number of benzene rings is 1. The number of ether oxygens (including phenoxy) is 3. The van der Waals surface area contributed by atoms with Crippen molar-refractivity contribution in [2.24, 2.45) is 11.3 Å². The summed E-state index contributed by atoms with van der Waals surface area (Å²) in [5.41, 5.74) is 4.13. The van der Waals surface area contributed by atoms with Gasteiger partial charge in [0.25, 0.3) is 5.91 Å². The van der Waals surface area contributed by atoms with Crippen LogP contribution >= 0.6 is 0 Å². The summed E-state index contributed by atoms with van der Waals surface area (Å²) in [5, 5.41) is 0. The molecule has 8 nitrogen and oxygen atoms in total. The lowest BCUT2D eigenvalue weighted by atomic mass is 9.65. The smallest absolute Gasteiger partial charge is 0.491 e. The minimum atomic E-state index is -0.650. The van der Waals surface area contributed by atoms with E-state index >= 15 is 0 Å². The molecule has 2 fully saturated rings. The molecule has 2 aliphatic rings. The van der Waals surface area contributed by atoms with Crippen LogP contribution in [0.3, 0.4) is 0 Å². The van der Waals surface area contributed by atoms with Crippen LogP contribution in [-0.4, -0.2) is 50.3 Å². The molecule has 2 aliphatic heterocycles. The fourth-order valence-corrected chi connectivity index (χ4v) is 5.25. The van der Waals surface area contributed by atoms with E-state index < -0.39 is 18.3 Å². The Kier molecular flexibility index (Phi) is 9.39. The number of hydrogen-bond acceptors (Lipinski definition) is 7. The summed E-state index contributed by atoms with van der Waals surface area (Å²) in [6.07, 6.45) is 3.72. The lowest BCUT2D eigenvalue weighted by Crippen LogP contribution is -2.42. The van der Waals surface area contributed by atoms with Crippen LogP contribution in [0, 0.1) is 12.3 Å². The van der Waals surface area contributed by atoms with E-state index in [0.29, 0.717) is 30.1 Å². The molecule has 0 spiro atoms. The molecule has 0 aromatic heterocycles. The molecule has 2 saturated heterocycles. The lowest BCUT2D eigenvalue weighted by Gasteiger charge is -2.34. The van der Waals surface area contributed by atoms with Crippen molar-refractivity contribution < 1.29 is 28.3 Å². The summed E-state index contributed by atoms with van der Waals surface area (Å²) < 4.78 is 31.1. The molecule has 0 radical (unpaired) electrons. The molecule has 1 aromatic rings. The second-order valence-electron chi connectivity index (χ2n) is 12.3. The van der Waals surface area contributed by atoms with Gasteiger partial charge in [-0.2, -0.15) is 0 Å². The number of hydrogen-bond donors (Lipinski definition) is 2. The number of nitrogen functional groups attached to an aromatic ring is 1. The molecule has 1 unspecified atom stereocenters. The summed E-state index contributed by atoms with van der Waals surface area (Å²) in [5.74, 6) is 5.92. The van der Waals surface area contributed by atoms with Crippen LogP contribution in [0.5, 0.6) is 5.75 Å². The predicted molar refractivity (Wildman–Crippen MR) is 146 cm³/mol. The Bertz CT molecular complexity index is 937. The van der Waals surface area contributed by atoms with Crippen LogP contribution in [0.2, 0.25) is 0 Å². The fourth-order valence-electron chi connectivity index (χ4n) is 5.25. The van der Waals surface area contributed by atoms with Gasteiger partial charge in [-0.3, -0.25) is 10.2 Å². The zero-order chi connectivity index (χ0) is 27.6. The van der Waals surface area contributed by atoms with Crippen LogP contribution in [0.25, 0.3) is 0 Å². The zero-order valence-electron chi connectivity index (χ0n) is 24.3. The summed E-state index contributed by atoms with van der Waals surface area (Å²) in [6.45, 7) is 20.2. The molecular weight excluding hydrogens is 471 g/mol. The van der Waals surface area contributed by atoms with Crippen molar-refractivity contribution in [1.82, 2.24) is 5.43 Å². The number of rotatable bonds is 9. The first-order valence-corrected chi connectivity index (χ1v) is 13.6. The summed E-state index contributed by atoms with van der Waals surface area (Å²) in [7, 11) is -0.650. The van der Waals surface area contributed by atoms with Gasteiger partial charge in [0, 0.05) is 23.2 Å². The quantitative estimate of drug-likeness (QED) is 0.165. The third kappa shape index (κ3) is 6.51. The normalized spacial score (nSPS) is 22.1. The second kappa shape index (κ2) is 11.6. The highest BCUT2D eigenvalue weighted by Crippen LogP contribution is 2.43. The van der Waals surface area contributed by atoms with E-state index in [1.165, 1.54) is 0 Å². The van der Waals surface area contributed by atoms with Gasteiger partial charge in [-0.05, 0) is 83.3 Å². The van der Waals surface area contributed by atoms with Gasteiger partial charge in [-0.15, -0.1) is 0 Å². The Labute approximate surface area is 223 Å². The van der Waals surface area contributed by atoms with E-state index in [9.17, 15) is 4.79 Å². The van der Waals surface area contributed by atoms with Gasteiger partial charge in [0.15, 0.2) is 6.29 Å². The molecule has 3 N–H and O–H groups in total. The molecule has 0 aliphatic carbocycles. The average Bonchev–Trinajstić information content (AvgIpc) is 3.04. The van der Waals surface area contributed by atoms with E-state index in [0.717, 1.165) is 43.3 Å². The first-order chi connectivity index (χ1) is 17.2. The molecule has 2 atom stereocenters. The summed E-state index contributed by atoms with van der Waals surface area (Å²) in [4.78, 5) is 12.9. The second-order valence-corrected chi connectivity index (χ2v) is 12.3. The van der Waals surface area contributed by atoms with E-state index in [2.05, 4.69) is 33.1 Å². The van der Waals surface area contributed by atoms with Crippen molar-refractivity contribution in [3.63, 3.8) is 0 Å². The molecule has 2 heterocycles. The molecule has 208 valence electrons. The SMILES string of the molecule is CC[C@@H](c1cc(C(=O)NN)c(C)c(OCCOC2CCCCO2)c1B1OC(C)(C)C(C)(C)O1)C(C)(C)C. The number of amides is 1. The number of nitrogens with one attached hydrogen (secondary N) is 1. The minimum absolute atomic E-state index is 0.0858. The minimum Gasteiger partial charge on any atom is -0.491 e. The first kappa shape index (κ1) is 29.9. The molecule has 1 aromatic carbocycles.